The zero-order valence-electron chi connectivity index (χ0n) is 28.8. The van der Waals surface area contributed by atoms with Crippen LogP contribution in [0.2, 0.25) is 0 Å². The SMILES string of the molecule is Cc1ccc2cccc([O][Ga]([O]c3c(-c4ccc5ccccc5c4)cccc3-c3ccc4ccccc4c3)[O]c3cccc4ccc(C)nc34)c2n1. The number of hydrogen-bond acceptors (Lipinski definition) is 5. The van der Waals surface area contributed by atoms with Crippen LogP contribution in [0, 0.1) is 13.8 Å². The number of hydrogen-bond donors (Lipinski definition) is 0. The van der Waals surface area contributed by atoms with Crippen LogP contribution in [0.5, 0.6) is 17.2 Å². The average molecular weight is 732 g/mol. The van der Waals surface area contributed by atoms with Gasteiger partial charge in [0, 0.05) is 0 Å². The van der Waals surface area contributed by atoms with E-state index in [1.807, 2.05) is 62.4 Å². The topological polar surface area (TPSA) is 53.5 Å². The predicted octanol–water partition coefficient (Wildman–Crippen LogP) is 11.6. The summed E-state index contributed by atoms with van der Waals surface area (Å²) in [5, 5.41) is 6.64. The first-order valence-corrected chi connectivity index (χ1v) is 20.4. The third kappa shape index (κ3) is 6.23. The minimum absolute atomic E-state index is 0.631. The molecule has 0 atom stereocenters. The molecular weight excluding hydrogens is 698 g/mol. The third-order valence-corrected chi connectivity index (χ3v) is 12.2. The molecule has 5 nitrogen and oxygen atoms in total. The first-order valence-electron chi connectivity index (χ1n) is 17.4. The van der Waals surface area contributed by atoms with E-state index in [1.165, 1.54) is 10.8 Å². The number of aromatic nitrogens is 2. The fourth-order valence-electron chi connectivity index (χ4n) is 6.83. The second-order valence-corrected chi connectivity index (χ2v) is 15.7. The summed E-state index contributed by atoms with van der Waals surface area (Å²) in [6.07, 6.45) is 0. The van der Waals surface area contributed by atoms with Crippen molar-refractivity contribution in [1.82, 2.24) is 9.97 Å². The number of pyridine rings is 2. The van der Waals surface area contributed by atoms with Crippen molar-refractivity contribution in [1.29, 1.82) is 0 Å². The van der Waals surface area contributed by atoms with Crippen LogP contribution in [0.3, 0.4) is 0 Å². The van der Waals surface area contributed by atoms with E-state index in [0.717, 1.165) is 66.2 Å². The van der Waals surface area contributed by atoms with Crippen molar-refractivity contribution in [2.75, 3.05) is 0 Å². The summed E-state index contributed by atoms with van der Waals surface area (Å²) in [7, 11) is 0. The Morgan fingerprint density at radius 3 is 1.31 bits per heavy atom. The van der Waals surface area contributed by atoms with E-state index < -0.39 is 17.3 Å². The van der Waals surface area contributed by atoms with E-state index in [9.17, 15) is 0 Å². The maximum atomic E-state index is 7.26. The van der Waals surface area contributed by atoms with Gasteiger partial charge in [-0.25, -0.2) is 0 Å². The summed E-state index contributed by atoms with van der Waals surface area (Å²) < 4.78 is 21.2. The molecule has 0 amide bonds. The molecule has 0 saturated heterocycles. The van der Waals surface area contributed by atoms with Gasteiger partial charge in [-0.05, 0) is 0 Å². The Hall–Kier alpha value is -6.08. The molecule has 9 aromatic rings. The number of aryl methyl sites for hydroxylation is 2. The van der Waals surface area contributed by atoms with Gasteiger partial charge in [0.05, 0.1) is 0 Å². The summed E-state index contributed by atoms with van der Waals surface area (Å²) in [5.41, 5.74) is 7.36. The number of benzene rings is 7. The predicted molar refractivity (Wildman–Crippen MR) is 213 cm³/mol. The first kappa shape index (κ1) is 31.9. The van der Waals surface area contributed by atoms with Gasteiger partial charge < -0.3 is 0 Å². The normalized spacial score (nSPS) is 11.3. The zero-order valence-corrected chi connectivity index (χ0v) is 31.2. The van der Waals surface area contributed by atoms with Crippen molar-refractivity contribution < 1.29 is 10.6 Å². The summed E-state index contributed by atoms with van der Waals surface area (Å²) >= 11 is -3.81. The number of nitrogens with zero attached hydrogens (tertiary/aromatic N) is 2. The van der Waals surface area contributed by atoms with Gasteiger partial charge in [-0.2, -0.15) is 0 Å². The van der Waals surface area contributed by atoms with Crippen LogP contribution in [0.25, 0.3) is 65.6 Å². The monoisotopic (exact) mass is 730 g/mol. The fourth-order valence-corrected chi connectivity index (χ4v) is 9.74. The Labute approximate surface area is 308 Å². The van der Waals surface area contributed by atoms with Gasteiger partial charge in [0.25, 0.3) is 0 Å². The van der Waals surface area contributed by atoms with Gasteiger partial charge in [0.1, 0.15) is 0 Å². The fraction of sp³-hybridized carbons (Fsp3) is 0.0435. The Kier molecular flexibility index (Phi) is 8.31. The molecule has 0 radical (unpaired) electrons. The Morgan fingerprint density at radius 2 is 0.808 bits per heavy atom. The van der Waals surface area contributed by atoms with Crippen LogP contribution < -0.4 is 10.6 Å². The molecule has 0 bridgehead atoms. The van der Waals surface area contributed by atoms with Crippen LogP contribution in [0.15, 0.2) is 164 Å². The Morgan fingerprint density at radius 1 is 0.385 bits per heavy atom. The second kappa shape index (κ2) is 13.6. The van der Waals surface area contributed by atoms with Crippen LogP contribution in [0.4, 0.5) is 0 Å². The van der Waals surface area contributed by atoms with Crippen molar-refractivity contribution in [3.8, 4) is 39.5 Å². The molecule has 9 rings (SSSR count). The van der Waals surface area contributed by atoms with Crippen molar-refractivity contribution in [2.45, 2.75) is 13.8 Å². The molecule has 6 heteroatoms. The van der Waals surface area contributed by atoms with Crippen molar-refractivity contribution in [3.63, 3.8) is 0 Å². The molecule has 2 heterocycles. The van der Waals surface area contributed by atoms with Crippen LogP contribution >= 0.6 is 0 Å². The van der Waals surface area contributed by atoms with Crippen molar-refractivity contribution >= 4 is 60.7 Å². The molecule has 7 aromatic carbocycles. The van der Waals surface area contributed by atoms with E-state index in [4.69, 9.17) is 20.6 Å². The molecule has 0 unspecified atom stereocenters. The molecule has 0 spiro atoms. The van der Waals surface area contributed by atoms with Crippen LogP contribution in [-0.2, 0) is 0 Å². The summed E-state index contributed by atoms with van der Waals surface area (Å²) in [5.74, 6) is 1.98. The second-order valence-electron chi connectivity index (χ2n) is 13.0. The number of para-hydroxylation sites is 3. The molecule has 0 aliphatic rings. The molecular formula is C46H33GaN2O3. The standard InChI is InChI=1S/C26H18O.2C10H9NO.Ga/c27-26-24(22-14-12-18-6-1-3-8-20(18)16-22)10-5-11-25(26)23-15-13-19-7-2-4-9-21(19)17-23;2*1-7-5-6-8-3-2-4-9(12)10(8)11-7;/h1-17,27H;2*2-6,12H,1H3;/q;;;+3/p-3. The van der Waals surface area contributed by atoms with Gasteiger partial charge >= 0.3 is 310 Å². The van der Waals surface area contributed by atoms with Crippen molar-refractivity contribution in [3.05, 3.63) is 175 Å². The zero-order chi connectivity index (χ0) is 35.0. The van der Waals surface area contributed by atoms with E-state index in [2.05, 4.69) is 115 Å². The number of fused-ring (bicyclic) bond motifs is 4. The molecule has 0 aliphatic heterocycles. The summed E-state index contributed by atoms with van der Waals surface area (Å²) in [6.45, 7) is 3.98. The summed E-state index contributed by atoms with van der Waals surface area (Å²) in [6, 6.07) is 56.4. The minimum atomic E-state index is -3.81. The van der Waals surface area contributed by atoms with Gasteiger partial charge in [0.2, 0.25) is 0 Å². The summed E-state index contributed by atoms with van der Waals surface area (Å²) in [4.78, 5) is 9.75. The quantitative estimate of drug-likeness (QED) is 0.146. The molecule has 0 N–H and O–H groups in total. The molecule has 0 fully saturated rings. The van der Waals surface area contributed by atoms with Gasteiger partial charge in [-0.3, -0.25) is 0 Å². The third-order valence-electron chi connectivity index (χ3n) is 9.44. The molecule has 0 saturated carbocycles. The van der Waals surface area contributed by atoms with E-state index in [1.54, 1.807) is 0 Å². The van der Waals surface area contributed by atoms with Gasteiger partial charge in [-0.15, -0.1) is 0 Å². The molecule has 52 heavy (non-hydrogen) atoms. The molecule has 2 aromatic heterocycles. The average Bonchev–Trinajstić information content (AvgIpc) is 3.18. The van der Waals surface area contributed by atoms with Gasteiger partial charge in [-0.1, -0.05) is 0 Å². The van der Waals surface area contributed by atoms with E-state index in [0.29, 0.717) is 17.2 Å². The number of rotatable bonds is 8. The van der Waals surface area contributed by atoms with E-state index in [-0.39, 0.29) is 0 Å². The molecule has 0 aliphatic carbocycles. The Balaban J connectivity index is 1.23. The van der Waals surface area contributed by atoms with Crippen LogP contribution in [0.1, 0.15) is 11.4 Å². The van der Waals surface area contributed by atoms with E-state index >= 15 is 0 Å². The molecule has 248 valence electrons. The Bertz CT molecular complexity index is 2600. The van der Waals surface area contributed by atoms with Gasteiger partial charge in [0.15, 0.2) is 0 Å². The first-order chi connectivity index (χ1) is 25.6. The maximum absolute atomic E-state index is 7.26. The van der Waals surface area contributed by atoms with Crippen LogP contribution in [-0.4, -0.2) is 27.3 Å². The van der Waals surface area contributed by atoms with Crippen molar-refractivity contribution in [2.24, 2.45) is 0 Å².